The molecule has 0 atom stereocenters. The zero-order valence-electron chi connectivity index (χ0n) is 12.7. The molecular weight excluding hydrogens is 284 g/mol. The van der Waals surface area contributed by atoms with Gasteiger partial charge < -0.3 is 10.6 Å². The highest BCUT2D eigenvalue weighted by Gasteiger charge is 2.07. The zero-order chi connectivity index (χ0) is 15.2. The first-order valence-electron chi connectivity index (χ1n) is 7.19. The second-order valence-electron chi connectivity index (χ2n) is 5.16. The Morgan fingerprint density at radius 3 is 2.24 bits per heavy atom. The molecule has 5 heteroatoms. The maximum atomic E-state index is 5.89. The average molecular weight is 305 g/mol. The molecule has 112 valence electrons. The van der Waals surface area contributed by atoms with Crippen molar-refractivity contribution in [3.63, 3.8) is 0 Å². The minimum Gasteiger partial charge on any atom is -0.370 e. The van der Waals surface area contributed by atoms with E-state index in [0.29, 0.717) is 12.5 Å². The van der Waals surface area contributed by atoms with E-state index in [2.05, 4.69) is 41.4 Å². The number of nitrogens with zero attached hydrogens (tertiary/aromatic N) is 2. The SMILES string of the molecule is CCNc1cc(NCc2ccc(Cl)cc2)nc(C(C)C)n1. The summed E-state index contributed by atoms with van der Waals surface area (Å²) in [7, 11) is 0. The summed E-state index contributed by atoms with van der Waals surface area (Å²) in [5.41, 5.74) is 1.16. The van der Waals surface area contributed by atoms with Gasteiger partial charge in [-0.25, -0.2) is 9.97 Å². The summed E-state index contributed by atoms with van der Waals surface area (Å²) in [4.78, 5) is 9.07. The second kappa shape index (κ2) is 7.27. The Labute approximate surface area is 131 Å². The Kier molecular flexibility index (Phi) is 5.39. The molecular formula is C16H21ClN4. The third-order valence-electron chi connectivity index (χ3n) is 3.00. The van der Waals surface area contributed by atoms with E-state index in [1.54, 1.807) is 0 Å². The summed E-state index contributed by atoms with van der Waals surface area (Å²) in [5.74, 6) is 2.82. The molecule has 1 heterocycles. The van der Waals surface area contributed by atoms with E-state index in [-0.39, 0.29) is 0 Å². The predicted octanol–water partition coefficient (Wildman–Crippen LogP) is 4.30. The number of hydrogen-bond acceptors (Lipinski definition) is 4. The largest absolute Gasteiger partial charge is 0.370 e. The molecule has 0 bridgehead atoms. The van der Waals surface area contributed by atoms with Crippen molar-refractivity contribution in [2.75, 3.05) is 17.2 Å². The number of aromatic nitrogens is 2. The number of nitrogens with one attached hydrogen (secondary N) is 2. The molecule has 0 radical (unpaired) electrons. The molecule has 0 saturated heterocycles. The van der Waals surface area contributed by atoms with Gasteiger partial charge in [-0.15, -0.1) is 0 Å². The highest BCUT2D eigenvalue weighted by atomic mass is 35.5. The molecule has 0 amide bonds. The lowest BCUT2D eigenvalue weighted by molar-refractivity contribution is 0.775. The van der Waals surface area contributed by atoms with Crippen LogP contribution in [-0.4, -0.2) is 16.5 Å². The van der Waals surface area contributed by atoms with Crippen LogP contribution in [0.5, 0.6) is 0 Å². The van der Waals surface area contributed by atoms with Gasteiger partial charge in [0.05, 0.1) is 0 Å². The van der Waals surface area contributed by atoms with Gasteiger partial charge in [-0.3, -0.25) is 0 Å². The number of halogens is 1. The van der Waals surface area contributed by atoms with Gasteiger partial charge in [-0.2, -0.15) is 0 Å². The Morgan fingerprint density at radius 1 is 1.05 bits per heavy atom. The van der Waals surface area contributed by atoms with Gasteiger partial charge in [0.25, 0.3) is 0 Å². The van der Waals surface area contributed by atoms with E-state index < -0.39 is 0 Å². The zero-order valence-corrected chi connectivity index (χ0v) is 13.4. The van der Waals surface area contributed by atoms with Crippen molar-refractivity contribution in [2.24, 2.45) is 0 Å². The van der Waals surface area contributed by atoms with Crippen LogP contribution in [0.15, 0.2) is 30.3 Å². The first-order chi connectivity index (χ1) is 10.1. The molecule has 1 aromatic carbocycles. The van der Waals surface area contributed by atoms with E-state index in [1.807, 2.05) is 30.3 Å². The van der Waals surface area contributed by atoms with Crippen molar-refractivity contribution < 1.29 is 0 Å². The lowest BCUT2D eigenvalue weighted by Gasteiger charge is -2.12. The Bertz CT molecular complexity index is 581. The van der Waals surface area contributed by atoms with Crippen LogP contribution in [0.25, 0.3) is 0 Å². The van der Waals surface area contributed by atoms with Crippen LogP contribution in [-0.2, 0) is 6.54 Å². The average Bonchev–Trinajstić information content (AvgIpc) is 2.47. The lowest BCUT2D eigenvalue weighted by Crippen LogP contribution is -2.09. The molecule has 0 fully saturated rings. The third kappa shape index (κ3) is 4.60. The maximum absolute atomic E-state index is 5.89. The van der Waals surface area contributed by atoms with E-state index in [4.69, 9.17) is 11.6 Å². The van der Waals surface area contributed by atoms with E-state index >= 15 is 0 Å². The number of hydrogen-bond donors (Lipinski definition) is 2. The van der Waals surface area contributed by atoms with Gasteiger partial charge in [0.1, 0.15) is 17.5 Å². The summed E-state index contributed by atoms with van der Waals surface area (Å²) < 4.78 is 0. The quantitative estimate of drug-likeness (QED) is 0.835. The molecule has 2 N–H and O–H groups in total. The normalized spacial score (nSPS) is 10.7. The van der Waals surface area contributed by atoms with Crippen LogP contribution in [0.1, 0.15) is 38.1 Å². The Balaban J connectivity index is 2.12. The lowest BCUT2D eigenvalue weighted by atomic mass is 10.2. The molecule has 21 heavy (non-hydrogen) atoms. The summed E-state index contributed by atoms with van der Waals surface area (Å²) in [5, 5.41) is 7.33. The predicted molar refractivity (Wildman–Crippen MR) is 89.1 cm³/mol. The van der Waals surface area contributed by atoms with Crippen LogP contribution < -0.4 is 10.6 Å². The van der Waals surface area contributed by atoms with Crippen LogP contribution in [0.4, 0.5) is 11.6 Å². The monoisotopic (exact) mass is 304 g/mol. The van der Waals surface area contributed by atoms with Gasteiger partial charge in [-0.05, 0) is 24.6 Å². The number of rotatable bonds is 6. The third-order valence-corrected chi connectivity index (χ3v) is 3.26. The van der Waals surface area contributed by atoms with Crippen molar-refractivity contribution in [1.82, 2.24) is 9.97 Å². The standard InChI is InChI=1S/C16H21ClN4/c1-4-18-14-9-15(21-16(20-14)11(2)3)19-10-12-5-7-13(17)8-6-12/h5-9,11H,4,10H2,1-3H3,(H2,18,19,20,21). The molecule has 0 saturated carbocycles. The Hall–Kier alpha value is -1.81. The minimum absolute atomic E-state index is 0.291. The Morgan fingerprint density at radius 2 is 1.67 bits per heavy atom. The summed E-state index contributed by atoms with van der Waals surface area (Å²) >= 11 is 5.89. The number of anilines is 2. The highest BCUT2D eigenvalue weighted by molar-refractivity contribution is 6.30. The van der Waals surface area contributed by atoms with Crippen molar-refractivity contribution in [3.8, 4) is 0 Å². The second-order valence-corrected chi connectivity index (χ2v) is 5.60. The smallest absolute Gasteiger partial charge is 0.135 e. The van der Waals surface area contributed by atoms with Crippen LogP contribution >= 0.6 is 11.6 Å². The van der Waals surface area contributed by atoms with E-state index in [9.17, 15) is 0 Å². The molecule has 2 rings (SSSR count). The van der Waals surface area contributed by atoms with E-state index in [0.717, 1.165) is 34.6 Å². The minimum atomic E-state index is 0.291. The number of benzene rings is 1. The van der Waals surface area contributed by atoms with Crippen LogP contribution in [0.2, 0.25) is 5.02 Å². The molecule has 0 aliphatic rings. The van der Waals surface area contributed by atoms with Gasteiger partial charge in [0.2, 0.25) is 0 Å². The maximum Gasteiger partial charge on any atom is 0.135 e. The molecule has 0 aliphatic heterocycles. The van der Waals surface area contributed by atoms with Crippen molar-refractivity contribution in [1.29, 1.82) is 0 Å². The van der Waals surface area contributed by atoms with E-state index in [1.165, 1.54) is 0 Å². The van der Waals surface area contributed by atoms with Crippen LogP contribution in [0.3, 0.4) is 0 Å². The summed E-state index contributed by atoms with van der Waals surface area (Å²) in [6.45, 7) is 7.78. The van der Waals surface area contributed by atoms with Crippen molar-refractivity contribution >= 4 is 23.2 Å². The fourth-order valence-electron chi connectivity index (χ4n) is 1.88. The van der Waals surface area contributed by atoms with Gasteiger partial charge in [-0.1, -0.05) is 37.6 Å². The molecule has 1 aromatic heterocycles. The molecule has 2 aromatic rings. The van der Waals surface area contributed by atoms with Crippen LogP contribution in [0, 0.1) is 0 Å². The topological polar surface area (TPSA) is 49.8 Å². The fourth-order valence-corrected chi connectivity index (χ4v) is 2.01. The van der Waals surface area contributed by atoms with Gasteiger partial charge >= 0.3 is 0 Å². The molecule has 0 unspecified atom stereocenters. The first kappa shape index (κ1) is 15.6. The van der Waals surface area contributed by atoms with Crippen molar-refractivity contribution in [3.05, 3.63) is 46.7 Å². The first-order valence-corrected chi connectivity index (χ1v) is 7.57. The summed E-state index contributed by atoms with van der Waals surface area (Å²) in [6, 6.07) is 9.73. The highest BCUT2D eigenvalue weighted by Crippen LogP contribution is 2.18. The van der Waals surface area contributed by atoms with Gasteiger partial charge in [0, 0.05) is 30.1 Å². The molecule has 0 spiro atoms. The molecule has 0 aliphatic carbocycles. The molecule has 4 nitrogen and oxygen atoms in total. The fraction of sp³-hybridized carbons (Fsp3) is 0.375. The van der Waals surface area contributed by atoms with Gasteiger partial charge in [0.15, 0.2) is 0 Å². The van der Waals surface area contributed by atoms with Crippen molar-refractivity contribution in [2.45, 2.75) is 33.2 Å². The summed E-state index contributed by atoms with van der Waals surface area (Å²) in [6.07, 6.45) is 0.